The smallest absolute Gasteiger partial charge is 0.356 e. The van der Waals surface area contributed by atoms with Gasteiger partial charge in [0.15, 0.2) is 5.69 Å². The summed E-state index contributed by atoms with van der Waals surface area (Å²) in [7, 11) is 0. The first-order valence-corrected chi connectivity index (χ1v) is 11.4. The molecule has 0 unspecified atom stereocenters. The summed E-state index contributed by atoms with van der Waals surface area (Å²) < 4.78 is 7.40. The van der Waals surface area contributed by atoms with Gasteiger partial charge in [0, 0.05) is 19.3 Å². The predicted molar refractivity (Wildman–Crippen MR) is 114 cm³/mol. The lowest BCUT2D eigenvalue weighted by Crippen LogP contribution is -2.34. The fraction of sp³-hybridized carbons (Fsp3) is 0.542. The average molecular weight is 424 g/mol. The number of benzene rings is 1. The minimum absolute atomic E-state index is 0.113. The van der Waals surface area contributed by atoms with Crippen molar-refractivity contribution in [3.05, 3.63) is 53.3 Å². The Balaban J connectivity index is 1.12. The van der Waals surface area contributed by atoms with Gasteiger partial charge in [-0.25, -0.2) is 9.59 Å². The maximum atomic E-state index is 12.6. The van der Waals surface area contributed by atoms with Crippen molar-refractivity contribution in [2.24, 2.45) is 11.8 Å². The molecule has 0 radical (unpaired) electrons. The Kier molecular flexibility index (Phi) is 5.52. The minimum Gasteiger partial charge on any atom is -0.476 e. The Morgan fingerprint density at radius 1 is 1.10 bits per heavy atom. The van der Waals surface area contributed by atoms with Crippen LogP contribution in [0.15, 0.2) is 36.5 Å². The molecule has 1 aliphatic heterocycles. The van der Waals surface area contributed by atoms with Crippen LogP contribution in [0.2, 0.25) is 0 Å². The Hall–Kier alpha value is -2.67. The number of amides is 1. The summed E-state index contributed by atoms with van der Waals surface area (Å²) in [6.07, 6.45) is 8.90. The zero-order valence-electron chi connectivity index (χ0n) is 17.7. The average Bonchev–Trinajstić information content (AvgIpc) is 3.55. The number of carboxylic acids is 1. The predicted octanol–water partition coefficient (Wildman–Crippen LogP) is 4.13. The molecule has 1 aromatic carbocycles. The van der Waals surface area contributed by atoms with Gasteiger partial charge in [-0.3, -0.25) is 0 Å². The van der Waals surface area contributed by atoms with Crippen LogP contribution >= 0.6 is 0 Å². The molecule has 2 saturated carbocycles. The topological polar surface area (TPSA) is 84.7 Å². The first-order chi connectivity index (χ1) is 15.1. The van der Waals surface area contributed by atoms with Crippen molar-refractivity contribution in [3.8, 4) is 0 Å². The molecule has 3 aliphatic rings. The largest absolute Gasteiger partial charge is 0.476 e. The molecule has 7 heteroatoms. The number of carboxylic acid groups (broad SMARTS) is 1. The van der Waals surface area contributed by atoms with Crippen LogP contribution in [0.4, 0.5) is 4.79 Å². The SMILES string of the molecule is O=C(O)c1ccn(C(=O)N2C[C@H]3C[C@H](OCc4cccc(C5CCCC5)c4)C[C@H]3C2)n1. The summed E-state index contributed by atoms with van der Waals surface area (Å²) in [6.45, 7) is 2.02. The van der Waals surface area contributed by atoms with Crippen molar-refractivity contribution < 1.29 is 19.4 Å². The first kappa shape index (κ1) is 20.2. The summed E-state index contributed by atoms with van der Waals surface area (Å²) in [5.41, 5.74) is 2.60. The van der Waals surface area contributed by atoms with Gasteiger partial charge in [0.25, 0.3) is 0 Å². The zero-order chi connectivity index (χ0) is 21.4. The number of likely N-dealkylation sites (tertiary alicyclic amines) is 1. The second kappa shape index (κ2) is 8.46. The summed E-state index contributed by atoms with van der Waals surface area (Å²) >= 11 is 0. The molecule has 3 atom stereocenters. The zero-order valence-corrected chi connectivity index (χ0v) is 17.7. The van der Waals surface area contributed by atoms with Gasteiger partial charge in [0.2, 0.25) is 0 Å². The number of nitrogens with zero attached hydrogens (tertiary/aromatic N) is 3. The third-order valence-corrected chi connectivity index (χ3v) is 7.25. The number of aromatic carboxylic acids is 1. The number of fused-ring (bicyclic) bond motifs is 1. The van der Waals surface area contributed by atoms with Crippen LogP contribution in [-0.2, 0) is 11.3 Å². The third-order valence-electron chi connectivity index (χ3n) is 7.25. The van der Waals surface area contributed by atoms with Crippen molar-refractivity contribution in [1.29, 1.82) is 0 Å². The molecule has 5 rings (SSSR count). The van der Waals surface area contributed by atoms with E-state index in [1.807, 2.05) is 0 Å². The van der Waals surface area contributed by atoms with E-state index >= 15 is 0 Å². The van der Waals surface area contributed by atoms with E-state index in [1.54, 1.807) is 4.90 Å². The molecule has 1 amide bonds. The highest BCUT2D eigenvalue weighted by atomic mass is 16.5. The minimum atomic E-state index is -1.13. The first-order valence-electron chi connectivity index (χ1n) is 11.4. The van der Waals surface area contributed by atoms with E-state index in [-0.39, 0.29) is 17.8 Å². The molecular weight excluding hydrogens is 394 g/mol. The third kappa shape index (κ3) is 4.24. The number of hydrogen-bond donors (Lipinski definition) is 1. The van der Waals surface area contributed by atoms with Crippen molar-refractivity contribution in [1.82, 2.24) is 14.7 Å². The molecule has 164 valence electrons. The van der Waals surface area contributed by atoms with Gasteiger partial charge in [-0.15, -0.1) is 0 Å². The second-order valence-corrected chi connectivity index (χ2v) is 9.29. The van der Waals surface area contributed by atoms with Crippen LogP contribution in [-0.4, -0.2) is 51.0 Å². The van der Waals surface area contributed by atoms with Gasteiger partial charge in [0.1, 0.15) is 0 Å². The van der Waals surface area contributed by atoms with E-state index in [4.69, 9.17) is 9.84 Å². The van der Waals surface area contributed by atoms with Crippen LogP contribution < -0.4 is 0 Å². The highest BCUT2D eigenvalue weighted by Crippen LogP contribution is 2.40. The second-order valence-electron chi connectivity index (χ2n) is 9.29. The fourth-order valence-corrected chi connectivity index (χ4v) is 5.64. The van der Waals surface area contributed by atoms with Crippen molar-refractivity contribution in [2.75, 3.05) is 13.1 Å². The molecule has 2 heterocycles. The molecule has 0 bridgehead atoms. The quantitative estimate of drug-likeness (QED) is 0.782. The van der Waals surface area contributed by atoms with Crippen LogP contribution in [0, 0.1) is 11.8 Å². The molecule has 1 aromatic heterocycles. The molecule has 3 fully saturated rings. The maximum absolute atomic E-state index is 12.6. The standard InChI is InChI=1S/C24H29N3O4/c28-23(29)22-8-9-27(25-22)24(30)26-13-19-11-21(12-20(19)14-26)31-15-16-4-3-7-18(10-16)17-5-1-2-6-17/h3-4,7-10,17,19-21H,1-2,5-6,11-15H2,(H,28,29)/t19-,20+,21+. The number of aromatic nitrogens is 2. The fourth-order valence-electron chi connectivity index (χ4n) is 5.64. The summed E-state index contributed by atoms with van der Waals surface area (Å²) in [5, 5.41) is 12.9. The molecule has 2 aliphatic carbocycles. The molecule has 31 heavy (non-hydrogen) atoms. The molecular formula is C24H29N3O4. The van der Waals surface area contributed by atoms with Crippen molar-refractivity contribution in [3.63, 3.8) is 0 Å². The van der Waals surface area contributed by atoms with E-state index in [9.17, 15) is 9.59 Å². The van der Waals surface area contributed by atoms with Gasteiger partial charge in [0.05, 0.1) is 12.7 Å². The van der Waals surface area contributed by atoms with E-state index < -0.39 is 5.97 Å². The van der Waals surface area contributed by atoms with Crippen molar-refractivity contribution >= 4 is 12.0 Å². The van der Waals surface area contributed by atoms with Gasteiger partial charge in [-0.2, -0.15) is 9.78 Å². The van der Waals surface area contributed by atoms with Crippen LogP contribution in [0.1, 0.15) is 66.1 Å². The van der Waals surface area contributed by atoms with E-state index in [2.05, 4.69) is 29.4 Å². The highest BCUT2D eigenvalue weighted by molar-refractivity contribution is 5.86. The van der Waals surface area contributed by atoms with Gasteiger partial charge >= 0.3 is 12.0 Å². The molecule has 0 spiro atoms. The van der Waals surface area contributed by atoms with E-state index in [1.165, 1.54) is 49.1 Å². The molecule has 7 nitrogen and oxygen atoms in total. The lowest BCUT2D eigenvalue weighted by atomic mass is 9.96. The van der Waals surface area contributed by atoms with Crippen molar-refractivity contribution in [2.45, 2.75) is 57.2 Å². The number of rotatable bonds is 5. The monoisotopic (exact) mass is 423 g/mol. The summed E-state index contributed by atoms with van der Waals surface area (Å²) in [6, 6.07) is 9.99. The molecule has 1 N–H and O–H groups in total. The number of carbonyl (C=O) groups is 2. The van der Waals surface area contributed by atoms with Crippen LogP contribution in [0.3, 0.4) is 0 Å². The van der Waals surface area contributed by atoms with Gasteiger partial charge in [-0.1, -0.05) is 37.1 Å². The van der Waals surface area contributed by atoms with E-state index in [0.717, 1.165) is 23.4 Å². The normalized spacial score (nSPS) is 25.8. The lowest BCUT2D eigenvalue weighted by molar-refractivity contribution is 0.0383. The Morgan fingerprint density at radius 3 is 2.52 bits per heavy atom. The molecule has 2 aromatic rings. The van der Waals surface area contributed by atoms with Gasteiger partial charge < -0.3 is 14.7 Å². The lowest BCUT2D eigenvalue weighted by Gasteiger charge is -2.19. The summed E-state index contributed by atoms with van der Waals surface area (Å²) in [4.78, 5) is 25.4. The highest BCUT2D eigenvalue weighted by Gasteiger charge is 2.43. The Morgan fingerprint density at radius 2 is 1.84 bits per heavy atom. The molecule has 1 saturated heterocycles. The summed E-state index contributed by atoms with van der Waals surface area (Å²) in [5.74, 6) is 0.468. The number of carbonyl (C=O) groups excluding carboxylic acids is 1. The van der Waals surface area contributed by atoms with Crippen LogP contribution in [0.25, 0.3) is 0 Å². The van der Waals surface area contributed by atoms with E-state index in [0.29, 0.717) is 31.5 Å². The van der Waals surface area contributed by atoms with Gasteiger partial charge in [-0.05, 0) is 60.6 Å². The maximum Gasteiger partial charge on any atom is 0.356 e. The Labute approximate surface area is 182 Å². The number of ether oxygens (including phenoxy) is 1. The Bertz CT molecular complexity index is 951. The number of hydrogen-bond acceptors (Lipinski definition) is 4. The van der Waals surface area contributed by atoms with Crippen LogP contribution in [0.5, 0.6) is 0 Å².